The zero-order valence-corrected chi connectivity index (χ0v) is 12.1. The van der Waals surface area contributed by atoms with Crippen LogP contribution in [0.25, 0.3) is 0 Å². The zero-order chi connectivity index (χ0) is 12.0. The van der Waals surface area contributed by atoms with Crippen molar-refractivity contribution < 1.29 is 5.11 Å². The number of aromatic hydroxyl groups is 1. The quantitative estimate of drug-likeness (QED) is 0.845. The van der Waals surface area contributed by atoms with Crippen molar-refractivity contribution in [3.05, 3.63) is 28.2 Å². The SMILES string of the molecule is CCSCC(C)NCc1ccc(O)c(Br)c1. The summed E-state index contributed by atoms with van der Waals surface area (Å²) in [7, 11) is 0. The van der Waals surface area contributed by atoms with Crippen molar-refractivity contribution in [3.63, 3.8) is 0 Å². The minimum atomic E-state index is 0.290. The lowest BCUT2D eigenvalue weighted by molar-refractivity contribution is 0.471. The van der Waals surface area contributed by atoms with Crippen molar-refractivity contribution in [2.45, 2.75) is 26.4 Å². The summed E-state index contributed by atoms with van der Waals surface area (Å²) in [6, 6.07) is 6.11. The molecule has 1 unspecified atom stereocenters. The molecule has 0 saturated carbocycles. The number of hydrogen-bond acceptors (Lipinski definition) is 3. The molecule has 0 amide bonds. The highest BCUT2D eigenvalue weighted by Crippen LogP contribution is 2.24. The zero-order valence-electron chi connectivity index (χ0n) is 9.66. The fourth-order valence-electron chi connectivity index (χ4n) is 1.31. The summed E-state index contributed by atoms with van der Waals surface area (Å²) in [5.74, 6) is 2.59. The van der Waals surface area contributed by atoms with Crippen LogP contribution in [0.15, 0.2) is 22.7 Å². The third kappa shape index (κ3) is 4.76. The fourth-order valence-corrected chi connectivity index (χ4v) is 2.44. The lowest BCUT2D eigenvalue weighted by Crippen LogP contribution is -2.27. The summed E-state index contributed by atoms with van der Waals surface area (Å²) in [5, 5.41) is 12.8. The average Bonchev–Trinajstić information content (AvgIpc) is 2.28. The molecule has 4 heteroatoms. The molecule has 0 bridgehead atoms. The lowest BCUT2D eigenvalue weighted by atomic mass is 10.2. The minimum Gasteiger partial charge on any atom is -0.507 e. The Kier molecular flexibility index (Phi) is 6.24. The first-order valence-corrected chi connectivity index (χ1v) is 7.36. The molecule has 0 aliphatic rings. The molecule has 0 spiro atoms. The first-order valence-electron chi connectivity index (χ1n) is 5.42. The van der Waals surface area contributed by atoms with Crippen LogP contribution >= 0.6 is 27.7 Å². The number of phenolic OH excluding ortho intramolecular Hbond substituents is 1. The van der Waals surface area contributed by atoms with Gasteiger partial charge in [-0.1, -0.05) is 13.0 Å². The Labute approximate surface area is 110 Å². The molecule has 1 aromatic carbocycles. The van der Waals surface area contributed by atoms with E-state index in [1.165, 1.54) is 5.56 Å². The Morgan fingerprint density at radius 2 is 2.25 bits per heavy atom. The van der Waals surface area contributed by atoms with Crippen LogP contribution in [-0.4, -0.2) is 22.7 Å². The van der Waals surface area contributed by atoms with E-state index in [-0.39, 0.29) is 0 Å². The Balaban J connectivity index is 2.39. The molecule has 1 rings (SSSR count). The maximum Gasteiger partial charge on any atom is 0.129 e. The average molecular weight is 304 g/mol. The van der Waals surface area contributed by atoms with Crippen LogP contribution in [0.4, 0.5) is 0 Å². The Bertz CT molecular complexity index is 333. The van der Waals surface area contributed by atoms with Crippen LogP contribution in [0, 0.1) is 0 Å². The maximum absolute atomic E-state index is 9.37. The van der Waals surface area contributed by atoms with Gasteiger partial charge in [0.05, 0.1) is 4.47 Å². The number of thioether (sulfide) groups is 1. The van der Waals surface area contributed by atoms with Gasteiger partial charge >= 0.3 is 0 Å². The highest BCUT2D eigenvalue weighted by molar-refractivity contribution is 9.10. The van der Waals surface area contributed by atoms with Gasteiger partial charge < -0.3 is 10.4 Å². The summed E-state index contributed by atoms with van der Waals surface area (Å²) in [6.07, 6.45) is 0. The molecule has 0 heterocycles. The number of hydrogen-bond donors (Lipinski definition) is 2. The molecule has 2 N–H and O–H groups in total. The smallest absolute Gasteiger partial charge is 0.129 e. The number of benzene rings is 1. The van der Waals surface area contributed by atoms with Crippen molar-refractivity contribution in [1.82, 2.24) is 5.32 Å². The monoisotopic (exact) mass is 303 g/mol. The van der Waals surface area contributed by atoms with Gasteiger partial charge in [-0.3, -0.25) is 0 Å². The van der Waals surface area contributed by atoms with Gasteiger partial charge in [-0.15, -0.1) is 0 Å². The van der Waals surface area contributed by atoms with Crippen LogP contribution < -0.4 is 5.32 Å². The third-order valence-corrected chi connectivity index (χ3v) is 4.02. The first kappa shape index (κ1) is 13.9. The second-order valence-corrected chi connectivity index (χ2v) is 5.90. The van der Waals surface area contributed by atoms with Gasteiger partial charge in [-0.05, 0) is 46.3 Å². The second-order valence-electron chi connectivity index (χ2n) is 3.73. The molecular formula is C12H18BrNOS. The molecule has 0 fully saturated rings. The Morgan fingerprint density at radius 3 is 2.88 bits per heavy atom. The largest absolute Gasteiger partial charge is 0.507 e. The van der Waals surface area contributed by atoms with Crippen LogP contribution in [0.2, 0.25) is 0 Å². The fraction of sp³-hybridized carbons (Fsp3) is 0.500. The van der Waals surface area contributed by atoms with Gasteiger partial charge in [0, 0.05) is 18.3 Å². The predicted molar refractivity (Wildman–Crippen MR) is 75.1 cm³/mol. The van der Waals surface area contributed by atoms with Crippen molar-refractivity contribution in [2.24, 2.45) is 0 Å². The molecular weight excluding hydrogens is 286 g/mol. The summed E-state index contributed by atoms with van der Waals surface area (Å²) in [4.78, 5) is 0. The van der Waals surface area contributed by atoms with Crippen LogP contribution in [-0.2, 0) is 6.54 Å². The molecule has 1 atom stereocenters. The van der Waals surface area contributed by atoms with Gasteiger partial charge in [0.15, 0.2) is 0 Å². The third-order valence-electron chi connectivity index (χ3n) is 2.24. The van der Waals surface area contributed by atoms with Crippen LogP contribution in [0.1, 0.15) is 19.4 Å². The van der Waals surface area contributed by atoms with Crippen LogP contribution in [0.3, 0.4) is 0 Å². The van der Waals surface area contributed by atoms with Crippen molar-refractivity contribution in [2.75, 3.05) is 11.5 Å². The number of rotatable bonds is 6. The molecule has 0 radical (unpaired) electrons. The molecule has 0 aromatic heterocycles. The predicted octanol–water partition coefficient (Wildman–Crippen LogP) is 3.39. The van der Waals surface area contributed by atoms with Crippen molar-refractivity contribution >= 4 is 27.7 Å². The van der Waals surface area contributed by atoms with Crippen LogP contribution in [0.5, 0.6) is 5.75 Å². The van der Waals surface area contributed by atoms with E-state index in [4.69, 9.17) is 0 Å². The maximum atomic E-state index is 9.37. The highest BCUT2D eigenvalue weighted by atomic mass is 79.9. The molecule has 1 aromatic rings. The van der Waals surface area contributed by atoms with E-state index < -0.39 is 0 Å². The Morgan fingerprint density at radius 1 is 1.50 bits per heavy atom. The van der Waals surface area contributed by atoms with E-state index in [1.54, 1.807) is 6.07 Å². The molecule has 0 aliphatic heterocycles. The summed E-state index contributed by atoms with van der Waals surface area (Å²) >= 11 is 5.26. The number of halogens is 1. The normalized spacial score (nSPS) is 12.7. The van der Waals surface area contributed by atoms with Crippen molar-refractivity contribution in [3.8, 4) is 5.75 Å². The summed E-state index contributed by atoms with van der Waals surface area (Å²) in [6.45, 7) is 5.21. The minimum absolute atomic E-state index is 0.290. The molecule has 16 heavy (non-hydrogen) atoms. The highest BCUT2D eigenvalue weighted by Gasteiger charge is 2.03. The van der Waals surface area contributed by atoms with E-state index in [0.717, 1.165) is 22.5 Å². The van der Waals surface area contributed by atoms with Gasteiger partial charge in [-0.25, -0.2) is 0 Å². The molecule has 0 aliphatic carbocycles. The van der Waals surface area contributed by atoms with E-state index in [2.05, 4.69) is 35.1 Å². The topological polar surface area (TPSA) is 32.3 Å². The van der Waals surface area contributed by atoms with Crippen molar-refractivity contribution in [1.29, 1.82) is 0 Å². The van der Waals surface area contributed by atoms with E-state index in [9.17, 15) is 5.11 Å². The lowest BCUT2D eigenvalue weighted by Gasteiger charge is -2.13. The van der Waals surface area contributed by atoms with E-state index in [1.807, 2.05) is 23.9 Å². The van der Waals surface area contributed by atoms with Gasteiger partial charge in [-0.2, -0.15) is 11.8 Å². The number of phenols is 1. The molecule has 2 nitrogen and oxygen atoms in total. The molecule has 90 valence electrons. The molecule has 0 saturated heterocycles. The van der Waals surface area contributed by atoms with Gasteiger partial charge in [0.2, 0.25) is 0 Å². The van der Waals surface area contributed by atoms with Gasteiger partial charge in [0.25, 0.3) is 0 Å². The van der Waals surface area contributed by atoms with E-state index in [0.29, 0.717) is 11.8 Å². The standard InChI is InChI=1S/C12H18BrNOS/c1-3-16-8-9(2)14-7-10-4-5-12(15)11(13)6-10/h4-6,9,14-15H,3,7-8H2,1-2H3. The summed E-state index contributed by atoms with van der Waals surface area (Å²) < 4.78 is 0.752. The first-order chi connectivity index (χ1) is 7.63. The Hall–Kier alpha value is -0.190. The second kappa shape index (κ2) is 7.20. The number of nitrogens with one attached hydrogen (secondary N) is 1. The van der Waals surface area contributed by atoms with E-state index >= 15 is 0 Å². The van der Waals surface area contributed by atoms with Gasteiger partial charge in [0.1, 0.15) is 5.75 Å². The summed E-state index contributed by atoms with van der Waals surface area (Å²) in [5.41, 5.74) is 1.18.